The fourth-order valence-corrected chi connectivity index (χ4v) is 2.62. The summed E-state index contributed by atoms with van der Waals surface area (Å²) >= 11 is 12.0. The molecule has 2 aromatic rings. The lowest BCUT2D eigenvalue weighted by Crippen LogP contribution is -2.07. The number of aromatic nitrogens is 2. The van der Waals surface area contributed by atoms with E-state index >= 15 is 0 Å². The third-order valence-electron chi connectivity index (χ3n) is 3.21. The van der Waals surface area contributed by atoms with E-state index in [4.69, 9.17) is 23.2 Å². The van der Waals surface area contributed by atoms with Crippen LogP contribution in [0.25, 0.3) is 5.69 Å². The fraction of sp³-hybridized carbons (Fsp3) is 0.308. The normalized spacial score (nSPS) is 14.7. The van der Waals surface area contributed by atoms with Gasteiger partial charge >= 0.3 is 0 Å². The number of nitrogens with zero attached hydrogens (tertiary/aromatic N) is 2. The zero-order valence-electron chi connectivity index (χ0n) is 9.29. The third kappa shape index (κ3) is 1.96. The first kappa shape index (κ1) is 11.1. The number of aryl methyl sites for hydroxylation is 1. The zero-order chi connectivity index (χ0) is 11.8. The van der Waals surface area contributed by atoms with Crippen LogP contribution in [0.4, 0.5) is 0 Å². The summed E-state index contributed by atoms with van der Waals surface area (Å²) in [5.41, 5.74) is 3.67. The molecule has 0 N–H and O–H groups in total. The van der Waals surface area contributed by atoms with Crippen molar-refractivity contribution in [2.75, 3.05) is 0 Å². The highest BCUT2D eigenvalue weighted by molar-refractivity contribution is 6.42. The van der Waals surface area contributed by atoms with E-state index in [9.17, 15) is 0 Å². The molecule has 4 heteroatoms. The Morgan fingerprint density at radius 1 is 1.06 bits per heavy atom. The molecule has 0 amide bonds. The van der Waals surface area contributed by atoms with E-state index in [0.29, 0.717) is 10.0 Å². The molecule has 0 saturated carbocycles. The van der Waals surface area contributed by atoms with E-state index in [1.54, 1.807) is 0 Å². The average molecular weight is 267 g/mol. The SMILES string of the molecule is Clc1ccc(-n2ncc3c2CCCC3)cc1Cl. The van der Waals surface area contributed by atoms with Crippen molar-refractivity contribution in [2.45, 2.75) is 25.7 Å². The quantitative estimate of drug-likeness (QED) is 0.761. The van der Waals surface area contributed by atoms with Crippen LogP contribution in [0.5, 0.6) is 0 Å². The Bertz CT molecular complexity index is 561. The maximum absolute atomic E-state index is 6.04. The lowest BCUT2D eigenvalue weighted by atomic mass is 9.98. The minimum absolute atomic E-state index is 0.573. The van der Waals surface area contributed by atoms with E-state index < -0.39 is 0 Å². The fourth-order valence-electron chi connectivity index (χ4n) is 2.33. The van der Waals surface area contributed by atoms with Gasteiger partial charge in [0, 0.05) is 5.69 Å². The Labute approximate surface area is 110 Å². The lowest BCUT2D eigenvalue weighted by molar-refractivity contribution is 0.653. The second kappa shape index (κ2) is 4.35. The molecule has 1 aliphatic carbocycles. The van der Waals surface area contributed by atoms with Gasteiger partial charge in [0.25, 0.3) is 0 Å². The topological polar surface area (TPSA) is 17.8 Å². The first-order valence-electron chi connectivity index (χ1n) is 5.77. The Hall–Kier alpha value is -0.990. The molecule has 0 saturated heterocycles. The minimum atomic E-state index is 0.573. The van der Waals surface area contributed by atoms with Gasteiger partial charge in [-0.15, -0.1) is 0 Å². The van der Waals surface area contributed by atoms with Crippen molar-refractivity contribution in [3.8, 4) is 5.69 Å². The predicted octanol–water partition coefficient (Wildman–Crippen LogP) is 4.06. The second-order valence-electron chi connectivity index (χ2n) is 4.33. The van der Waals surface area contributed by atoms with E-state index in [2.05, 4.69) is 5.10 Å². The average Bonchev–Trinajstić information content (AvgIpc) is 2.76. The molecule has 0 fully saturated rings. The molecule has 0 bridgehead atoms. The highest BCUT2D eigenvalue weighted by Gasteiger charge is 2.16. The van der Waals surface area contributed by atoms with Crippen molar-refractivity contribution in [3.05, 3.63) is 45.7 Å². The first-order valence-corrected chi connectivity index (χ1v) is 6.52. The van der Waals surface area contributed by atoms with Crippen molar-refractivity contribution >= 4 is 23.2 Å². The number of rotatable bonds is 1. The minimum Gasteiger partial charge on any atom is -0.237 e. The molecule has 1 heterocycles. The van der Waals surface area contributed by atoms with Crippen molar-refractivity contribution in [1.29, 1.82) is 0 Å². The van der Waals surface area contributed by atoms with Crippen LogP contribution in [0.15, 0.2) is 24.4 Å². The Kier molecular flexibility index (Phi) is 2.85. The van der Waals surface area contributed by atoms with Crippen LogP contribution in [0.2, 0.25) is 10.0 Å². The van der Waals surface area contributed by atoms with E-state index in [1.165, 1.54) is 24.1 Å². The van der Waals surface area contributed by atoms with Crippen molar-refractivity contribution in [1.82, 2.24) is 9.78 Å². The summed E-state index contributed by atoms with van der Waals surface area (Å²) in [4.78, 5) is 0. The molecular formula is C13H12Cl2N2. The highest BCUT2D eigenvalue weighted by Crippen LogP contribution is 2.27. The van der Waals surface area contributed by atoms with Crippen LogP contribution < -0.4 is 0 Å². The molecular weight excluding hydrogens is 255 g/mol. The van der Waals surface area contributed by atoms with Gasteiger partial charge in [-0.2, -0.15) is 5.10 Å². The number of hydrogen-bond donors (Lipinski definition) is 0. The largest absolute Gasteiger partial charge is 0.237 e. The maximum Gasteiger partial charge on any atom is 0.0664 e. The summed E-state index contributed by atoms with van der Waals surface area (Å²) < 4.78 is 1.98. The van der Waals surface area contributed by atoms with Gasteiger partial charge in [-0.1, -0.05) is 23.2 Å². The molecule has 0 spiro atoms. The predicted molar refractivity (Wildman–Crippen MR) is 70.2 cm³/mol. The van der Waals surface area contributed by atoms with Gasteiger partial charge < -0.3 is 0 Å². The van der Waals surface area contributed by atoms with Gasteiger partial charge in [0.05, 0.1) is 21.9 Å². The summed E-state index contributed by atoms with van der Waals surface area (Å²) in [6, 6.07) is 5.64. The molecule has 2 nitrogen and oxygen atoms in total. The Morgan fingerprint density at radius 2 is 1.88 bits per heavy atom. The molecule has 0 unspecified atom stereocenters. The number of hydrogen-bond acceptors (Lipinski definition) is 1. The number of benzene rings is 1. The second-order valence-corrected chi connectivity index (χ2v) is 5.15. The Balaban J connectivity index is 2.09. The van der Waals surface area contributed by atoms with Crippen LogP contribution >= 0.6 is 23.2 Å². The summed E-state index contributed by atoms with van der Waals surface area (Å²) in [6.07, 6.45) is 6.70. The van der Waals surface area contributed by atoms with E-state index in [-0.39, 0.29) is 0 Å². The molecule has 0 radical (unpaired) electrons. The summed E-state index contributed by atoms with van der Waals surface area (Å²) in [5.74, 6) is 0. The zero-order valence-corrected chi connectivity index (χ0v) is 10.8. The maximum atomic E-state index is 6.04. The van der Waals surface area contributed by atoms with Gasteiger partial charge in [-0.25, -0.2) is 4.68 Å². The monoisotopic (exact) mass is 266 g/mol. The van der Waals surface area contributed by atoms with E-state index in [0.717, 1.165) is 18.5 Å². The molecule has 0 aliphatic heterocycles. The smallest absolute Gasteiger partial charge is 0.0664 e. The van der Waals surface area contributed by atoms with Crippen LogP contribution in [0.3, 0.4) is 0 Å². The summed E-state index contributed by atoms with van der Waals surface area (Å²) in [6.45, 7) is 0. The third-order valence-corrected chi connectivity index (χ3v) is 3.95. The summed E-state index contributed by atoms with van der Waals surface area (Å²) in [5, 5.41) is 5.61. The van der Waals surface area contributed by atoms with Gasteiger partial charge in [0.15, 0.2) is 0 Å². The van der Waals surface area contributed by atoms with Gasteiger partial charge in [0.1, 0.15) is 0 Å². The first-order chi connectivity index (χ1) is 8.25. The van der Waals surface area contributed by atoms with Crippen LogP contribution in [-0.2, 0) is 12.8 Å². The molecule has 3 rings (SSSR count). The lowest BCUT2D eigenvalue weighted by Gasteiger charge is -2.14. The highest BCUT2D eigenvalue weighted by atomic mass is 35.5. The van der Waals surface area contributed by atoms with Crippen LogP contribution in [-0.4, -0.2) is 9.78 Å². The van der Waals surface area contributed by atoms with Crippen LogP contribution in [0.1, 0.15) is 24.1 Å². The summed E-state index contributed by atoms with van der Waals surface area (Å²) in [7, 11) is 0. The van der Waals surface area contributed by atoms with Gasteiger partial charge in [-0.05, 0) is 49.4 Å². The van der Waals surface area contributed by atoms with Crippen LogP contribution in [0, 0.1) is 0 Å². The number of halogens is 2. The van der Waals surface area contributed by atoms with Crippen molar-refractivity contribution < 1.29 is 0 Å². The van der Waals surface area contributed by atoms with Gasteiger partial charge in [0.2, 0.25) is 0 Å². The molecule has 1 aromatic heterocycles. The molecule has 1 aromatic carbocycles. The number of fused-ring (bicyclic) bond motifs is 1. The molecule has 1 aliphatic rings. The molecule has 17 heavy (non-hydrogen) atoms. The van der Waals surface area contributed by atoms with E-state index in [1.807, 2.05) is 29.1 Å². The Morgan fingerprint density at radius 3 is 2.71 bits per heavy atom. The molecule has 0 atom stereocenters. The molecule has 88 valence electrons. The van der Waals surface area contributed by atoms with Gasteiger partial charge in [-0.3, -0.25) is 0 Å². The van der Waals surface area contributed by atoms with Crippen molar-refractivity contribution in [3.63, 3.8) is 0 Å². The standard InChI is InChI=1S/C13H12Cl2N2/c14-11-6-5-10(7-12(11)15)17-13-4-2-1-3-9(13)8-16-17/h5-8H,1-4H2. The van der Waals surface area contributed by atoms with Crippen molar-refractivity contribution in [2.24, 2.45) is 0 Å².